The Bertz CT molecular complexity index is 1020. The highest BCUT2D eigenvalue weighted by molar-refractivity contribution is 6.30. The summed E-state index contributed by atoms with van der Waals surface area (Å²) in [5.74, 6) is -0.935. The number of carbonyl (C=O) groups excluding carboxylic acids is 3. The molecule has 31 heavy (non-hydrogen) atoms. The minimum atomic E-state index is -1.66. The fraction of sp³-hybridized carbons (Fsp3) is 0.318. The van der Waals surface area contributed by atoms with Crippen molar-refractivity contribution in [2.75, 3.05) is 19.5 Å². The van der Waals surface area contributed by atoms with E-state index in [1.54, 1.807) is 30.3 Å². The molecule has 2 aromatic carbocycles. The summed E-state index contributed by atoms with van der Waals surface area (Å²) in [5, 5.41) is 5.64. The van der Waals surface area contributed by atoms with E-state index in [9.17, 15) is 18.8 Å². The smallest absolute Gasteiger partial charge is 0.254 e. The van der Waals surface area contributed by atoms with Gasteiger partial charge in [0.2, 0.25) is 5.91 Å². The van der Waals surface area contributed by atoms with Crippen molar-refractivity contribution >= 4 is 31.6 Å². The van der Waals surface area contributed by atoms with Crippen molar-refractivity contribution in [2.24, 2.45) is 0 Å². The van der Waals surface area contributed by atoms with Crippen LogP contribution in [0.2, 0.25) is 0 Å². The number of halogens is 1. The van der Waals surface area contributed by atoms with Crippen molar-refractivity contribution in [2.45, 2.75) is 31.4 Å². The number of methoxy groups -OCH3 is 1. The number of fused-ring (bicyclic) bond motifs is 1. The molecule has 1 heterocycles. The van der Waals surface area contributed by atoms with E-state index in [2.05, 4.69) is 10.6 Å². The van der Waals surface area contributed by atoms with Crippen molar-refractivity contribution in [3.05, 3.63) is 58.9 Å². The van der Waals surface area contributed by atoms with Gasteiger partial charge in [0.05, 0.1) is 12.5 Å². The maximum Gasteiger partial charge on any atom is 0.254 e. The predicted octanol–water partition coefficient (Wildman–Crippen LogP) is 1.99. The van der Waals surface area contributed by atoms with Gasteiger partial charge < -0.3 is 25.1 Å². The van der Waals surface area contributed by atoms with E-state index in [1.807, 2.05) is 0 Å². The first-order chi connectivity index (χ1) is 14.8. The van der Waals surface area contributed by atoms with Crippen molar-refractivity contribution in [3.8, 4) is 5.75 Å². The Morgan fingerprint density at radius 2 is 2.13 bits per heavy atom. The van der Waals surface area contributed by atoms with Crippen LogP contribution in [0.15, 0.2) is 36.4 Å². The minimum absolute atomic E-state index is 0.00424. The molecule has 0 aromatic heterocycles. The fourth-order valence-electron chi connectivity index (χ4n) is 3.68. The topological polar surface area (TPSA) is 87.7 Å². The number of hydrogen-bond acceptors (Lipinski definition) is 5. The summed E-state index contributed by atoms with van der Waals surface area (Å²) in [4.78, 5) is 37.7. The van der Waals surface area contributed by atoms with Gasteiger partial charge in [-0.15, -0.1) is 0 Å². The molecule has 3 rings (SSSR count). The third-order valence-corrected chi connectivity index (χ3v) is 5.44. The molecule has 0 bridgehead atoms. The van der Waals surface area contributed by atoms with Gasteiger partial charge in [0.15, 0.2) is 0 Å². The second-order valence-electron chi connectivity index (χ2n) is 7.24. The Kier molecular flexibility index (Phi) is 6.63. The maximum atomic E-state index is 14.3. The molecule has 1 atom stereocenters. The van der Waals surface area contributed by atoms with Crippen molar-refractivity contribution in [1.29, 1.82) is 0 Å². The summed E-state index contributed by atoms with van der Waals surface area (Å²) in [6, 6.07) is 9.73. The number of nitrogens with one attached hydrogen (secondary N) is 2. The lowest BCUT2D eigenvalue weighted by Crippen LogP contribution is -2.59. The van der Waals surface area contributed by atoms with Gasteiger partial charge in [-0.05, 0) is 24.6 Å². The lowest BCUT2D eigenvalue weighted by atomic mass is 9.71. The number of anilines is 1. The molecule has 0 saturated heterocycles. The SMILES string of the molecule is [B]C(CCC=O)(C(=O)NC)N1Cc2c(NCc3ccc(OC)cc3F)cccc2C1=O. The number of rotatable bonds is 9. The van der Waals surface area contributed by atoms with E-state index in [-0.39, 0.29) is 25.9 Å². The summed E-state index contributed by atoms with van der Waals surface area (Å²) in [7, 11) is 9.22. The lowest BCUT2D eigenvalue weighted by molar-refractivity contribution is -0.127. The molecule has 0 fully saturated rings. The van der Waals surface area contributed by atoms with Crippen molar-refractivity contribution in [3.63, 3.8) is 0 Å². The number of likely N-dealkylation sites (N-methyl/N-ethyl adjacent to an activating group) is 1. The zero-order valence-corrected chi connectivity index (χ0v) is 17.4. The lowest BCUT2D eigenvalue weighted by Gasteiger charge is -2.37. The highest BCUT2D eigenvalue weighted by Gasteiger charge is 2.45. The average Bonchev–Trinajstić information content (AvgIpc) is 3.13. The number of nitrogens with zero attached hydrogens (tertiary/aromatic N) is 1. The molecule has 0 spiro atoms. The number of carbonyl (C=O) groups is 3. The first-order valence-corrected chi connectivity index (χ1v) is 9.80. The van der Waals surface area contributed by atoms with E-state index in [4.69, 9.17) is 12.6 Å². The Morgan fingerprint density at radius 3 is 2.77 bits per heavy atom. The van der Waals surface area contributed by atoms with Crippen molar-refractivity contribution in [1.82, 2.24) is 10.2 Å². The molecule has 9 heteroatoms. The Hall–Kier alpha value is -3.36. The Balaban J connectivity index is 1.85. The van der Waals surface area contributed by atoms with Crippen LogP contribution in [-0.2, 0) is 22.7 Å². The van der Waals surface area contributed by atoms with Crippen LogP contribution in [0, 0.1) is 5.82 Å². The maximum absolute atomic E-state index is 14.3. The summed E-state index contributed by atoms with van der Waals surface area (Å²) in [5.41, 5.74) is 0.476. The number of benzene rings is 2. The van der Waals surface area contributed by atoms with Crippen LogP contribution >= 0.6 is 0 Å². The quantitative estimate of drug-likeness (QED) is 0.476. The molecule has 1 unspecified atom stereocenters. The summed E-state index contributed by atoms with van der Waals surface area (Å²) in [6.45, 7) is 0.278. The van der Waals surface area contributed by atoms with E-state index >= 15 is 0 Å². The number of hydrogen-bond donors (Lipinski definition) is 2. The first kappa shape index (κ1) is 22.3. The second kappa shape index (κ2) is 9.20. The van der Waals surface area contributed by atoms with Crippen LogP contribution in [0.4, 0.5) is 10.1 Å². The third kappa shape index (κ3) is 4.26. The number of aldehydes is 1. The summed E-state index contributed by atoms with van der Waals surface area (Å²) >= 11 is 0. The van der Waals surface area contributed by atoms with Gasteiger partial charge in [-0.1, -0.05) is 12.1 Å². The number of amides is 2. The highest BCUT2D eigenvalue weighted by Crippen LogP contribution is 2.35. The van der Waals surface area contributed by atoms with E-state index < -0.39 is 23.1 Å². The van der Waals surface area contributed by atoms with Crippen LogP contribution in [0.25, 0.3) is 0 Å². The molecule has 0 aliphatic carbocycles. The van der Waals surface area contributed by atoms with Gasteiger partial charge in [-0.3, -0.25) is 9.59 Å². The van der Waals surface area contributed by atoms with Crippen LogP contribution in [0.3, 0.4) is 0 Å². The fourth-order valence-corrected chi connectivity index (χ4v) is 3.68. The first-order valence-electron chi connectivity index (χ1n) is 9.80. The van der Waals surface area contributed by atoms with Crippen molar-refractivity contribution < 1.29 is 23.5 Å². The molecule has 1 aliphatic heterocycles. The summed E-state index contributed by atoms with van der Waals surface area (Å²) in [6.07, 6.45) is 0.691. The molecule has 2 amide bonds. The molecule has 0 saturated carbocycles. The number of ether oxygens (including phenoxy) is 1. The van der Waals surface area contributed by atoms with Gasteiger partial charge >= 0.3 is 0 Å². The Morgan fingerprint density at radius 1 is 1.35 bits per heavy atom. The minimum Gasteiger partial charge on any atom is -0.497 e. The van der Waals surface area contributed by atoms with Gasteiger partial charge in [-0.25, -0.2) is 4.39 Å². The molecule has 1 aliphatic rings. The monoisotopic (exact) mass is 423 g/mol. The van der Waals surface area contributed by atoms with Crippen LogP contribution in [-0.4, -0.2) is 50.4 Å². The van der Waals surface area contributed by atoms with Crippen LogP contribution in [0.1, 0.15) is 34.3 Å². The largest absolute Gasteiger partial charge is 0.497 e. The third-order valence-electron chi connectivity index (χ3n) is 5.44. The van der Waals surface area contributed by atoms with E-state index in [1.165, 1.54) is 25.1 Å². The molecule has 2 aromatic rings. The molecule has 7 nitrogen and oxygen atoms in total. The summed E-state index contributed by atoms with van der Waals surface area (Å²) < 4.78 is 19.3. The van der Waals surface area contributed by atoms with Crippen LogP contribution in [0.5, 0.6) is 5.75 Å². The van der Waals surface area contributed by atoms with E-state index in [0.717, 1.165) is 0 Å². The van der Waals surface area contributed by atoms with Gasteiger partial charge in [0.25, 0.3) is 5.91 Å². The van der Waals surface area contributed by atoms with Gasteiger partial charge in [-0.2, -0.15) is 0 Å². The standard InChI is InChI=1S/C22H23BFN3O4/c1-25-21(30)22(23,9-4-10-28)27-13-17-16(20(27)29)5-3-6-19(17)26-12-14-7-8-15(31-2)11-18(14)24/h3,5-8,10-11,26H,4,9,12-13H2,1-2H3,(H,25,30). The molecule has 2 radical (unpaired) electrons. The predicted molar refractivity (Wildman–Crippen MR) is 114 cm³/mol. The zero-order valence-electron chi connectivity index (χ0n) is 17.4. The average molecular weight is 423 g/mol. The highest BCUT2D eigenvalue weighted by atomic mass is 19.1. The molecular formula is C22H23BFN3O4. The molecular weight excluding hydrogens is 400 g/mol. The van der Waals surface area contributed by atoms with E-state index in [0.29, 0.717) is 34.4 Å². The zero-order chi connectivity index (χ0) is 22.6. The van der Waals surface area contributed by atoms with Gasteiger partial charge in [0, 0.05) is 55.0 Å². The second-order valence-corrected chi connectivity index (χ2v) is 7.24. The Labute approximate surface area is 181 Å². The molecule has 160 valence electrons. The van der Waals surface area contributed by atoms with Gasteiger partial charge in [0.1, 0.15) is 25.7 Å². The normalized spacial score (nSPS) is 14.5. The molecule has 2 N–H and O–H groups in total. The van der Waals surface area contributed by atoms with Crippen LogP contribution < -0.4 is 15.4 Å².